The Labute approximate surface area is 96.1 Å². The zero-order chi connectivity index (χ0) is 12.4. The van der Waals surface area contributed by atoms with E-state index in [9.17, 15) is 18.3 Å². The molecular formula is C13H9F3O. The van der Waals surface area contributed by atoms with Crippen LogP contribution in [-0.2, 0) is 0 Å². The first-order valence-corrected chi connectivity index (χ1v) is 4.97. The Bertz CT molecular complexity index is 526. The summed E-state index contributed by atoms with van der Waals surface area (Å²) in [5.74, 6) is -3.43. The largest absolute Gasteiger partial charge is 0.384 e. The molecule has 1 unspecified atom stereocenters. The fourth-order valence-electron chi connectivity index (χ4n) is 1.56. The van der Waals surface area contributed by atoms with Gasteiger partial charge in [-0.15, -0.1) is 0 Å². The predicted molar refractivity (Wildman–Crippen MR) is 56.8 cm³/mol. The maximum Gasteiger partial charge on any atom is 0.161 e. The van der Waals surface area contributed by atoms with Gasteiger partial charge in [0.1, 0.15) is 11.9 Å². The van der Waals surface area contributed by atoms with Crippen LogP contribution in [-0.4, -0.2) is 5.11 Å². The second-order valence-corrected chi connectivity index (χ2v) is 3.60. The second-order valence-electron chi connectivity index (χ2n) is 3.60. The minimum atomic E-state index is -1.31. The van der Waals surface area contributed by atoms with Crippen molar-refractivity contribution in [1.29, 1.82) is 0 Å². The van der Waals surface area contributed by atoms with Crippen molar-refractivity contribution in [2.24, 2.45) is 0 Å². The van der Waals surface area contributed by atoms with Crippen LogP contribution in [0.25, 0.3) is 0 Å². The van der Waals surface area contributed by atoms with Crippen LogP contribution in [0.3, 0.4) is 0 Å². The molecule has 17 heavy (non-hydrogen) atoms. The lowest BCUT2D eigenvalue weighted by Gasteiger charge is -2.12. The average Bonchev–Trinajstić information content (AvgIpc) is 2.34. The fraction of sp³-hybridized carbons (Fsp3) is 0.0769. The number of hydrogen-bond donors (Lipinski definition) is 1. The monoisotopic (exact) mass is 238 g/mol. The van der Waals surface area contributed by atoms with Gasteiger partial charge in [0.15, 0.2) is 11.6 Å². The molecule has 0 fully saturated rings. The van der Waals surface area contributed by atoms with Crippen molar-refractivity contribution in [3.05, 3.63) is 71.0 Å². The molecule has 1 nitrogen and oxygen atoms in total. The van der Waals surface area contributed by atoms with Gasteiger partial charge in [-0.25, -0.2) is 13.2 Å². The third kappa shape index (κ3) is 2.31. The normalized spacial score (nSPS) is 12.5. The van der Waals surface area contributed by atoms with E-state index in [0.29, 0.717) is 17.7 Å². The first-order valence-electron chi connectivity index (χ1n) is 4.97. The van der Waals surface area contributed by atoms with E-state index in [1.807, 2.05) is 0 Å². The highest BCUT2D eigenvalue weighted by Crippen LogP contribution is 2.25. The Balaban J connectivity index is 2.44. The van der Waals surface area contributed by atoms with Crippen molar-refractivity contribution in [3.8, 4) is 0 Å². The molecule has 4 heteroatoms. The lowest BCUT2D eigenvalue weighted by molar-refractivity contribution is 0.214. The Hall–Kier alpha value is -1.81. The van der Waals surface area contributed by atoms with Gasteiger partial charge in [-0.05, 0) is 11.6 Å². The molecule has 2 rings (SSSR count). The number of rotatable bonds is 2. The molecule has 0 aromatic heterocycles. The Kier molecular flexibility index (Phi) is 3.15. The number of aliphatic hydroxyl groups is 1. The van der Waals surface area contributed by atoms with E-state index in [0.717, 1.165) is 0 Å². The molecule has 2 aromatic carbocycles. The van der Waals surface area contributed by atoms with E-state index >= 15 is 0 Å². The number of benzene rings is 2. The van der Waals surface area contributed by atoms with Gasteiger partial charge in [-0.3, -0.25) is 0 Å². The standard InChI is InChI=1S/C13H9F3O/c14-10-7-12(16)11(15)6-9(10)13(17)8-4-2-1-3-5-8/h1-7,13,17H. The van der Waals surface area contributed by atoms with Crippen molar-refractivity contribution in [2.45, 2.75) is 6.10 Å². The van der Waals surface area contributed by atoms with Crippen LogP contribution < -0.4 is 0 Å². The zero-order valence-electron chi connectivity index (χ0n) is 8.70. The first-order chi connectivity index (χ1) is 8.09. The summed E-state index contributed by atoms with van der Waals surface area (Å²) in [5.41, 5.74) is 0.132. The highest BCUT2D eigenvalue weighted by atomic mass is 19.2. The lowest BCUT2D eigenvalue weighted by Crippen LogP contribution is -2.04. The molecule has 0 heterocycles. The fourth-order valence-corrected chi connectivity index (χ4v) is 1.56. The summed E-state index contributed by atoms with van der Waals surface area (Å²) in [6.45, 7) is 0. The molecule has 0 bridgehead atoms. The van der Waals surface area contributed by atoms with Gasteiger partial charge in [0, 0.05) is 11.6 Å². The van der Waals surface area contributed by atoms with Gasteiger partial charge < -0.3 is 5.11 Å². The van der Waals surface area contributed by atoms with Crippen molar-refractivity contribution in [1.82, 2.24) is 0 Å². The highest BCUT2D eigenvalue weighted by molar-refractivity contribution is 5.31. The van der Waals surface area contributed by atoms with Crippen LogP contribution >= 0.6 is 0 Å². The predicted octanol–water partition coefficient (Wildman–Crippen LogP) is 3.19. The van der Waals surface area contributed by atoms with E-state index in [-0.39, 0.29) is 5.56 Å². The summed E-state index contributed by atoms with van der Waals surface area (Å²) in [4.78, 5) is 0. The molecule has 0 aliphatic rings. The maximum atomic E-state index is 13.4. The van der Waals surface area contributed by atoms with Crippen molar-refractivity contribution in [2.75, 3.05) is 0 Å². The Morgan fingerprint density at radius 3 is 2.06 bits per heavy atom. The van der Waals surface area contributed by atoms with E-state index in [1.165, 1.54) is 0 Å². The minimum absolute atomic E-state index is 0.282. The van der Waals surface area contributed by atoms with Gasteiger partial charge in [-0.1, -0.05) is 30.3 Å². The minimum Gasteiger partial charge on any atom is -0.384 e. The number of hydrogen-bond acceptors (Lipinski definition) is 1. The molecule has 88 valence electrons. The van der Waals surface area contributed by atoms with Crippen LogP contribution in [0.5, 0.6) is 0 Å². The first kappa shape index (κ1) is 11.7. The summed E-state index contributed by atoms with van der Waals surface area (Å²) in [6, 6.07) is 9.31. The van der Waals surface area contributed by atoms with Crippen LogP contribution in [0.2, 0.25) is 0 Å². The van der Waals surface area contributed by atoms with Gasteiger partial charge >= 0.3 is 0 Å². The molecule has 1 N–H and O–H groups in total. The quantitative estimate of drug-likeness (QED) is 0.796. The van der Waals surface area contributed by atoms with Gasteiger partial charge in [0.05, 0.1) is 0 Å². The average molecular weight is 238 g/mol. The van der Waals surface area contributed by atoms with Crippen LogP contribution in [0.15, 0.2) is 42.5 Å². The third-order valence-corrected chi connectivity index (χ3v) is 2.45. The van der Waals surface area contributed by atoms with E-state index in [4.69, 9.17) is 0 Å². The number of aliphatic hydroxyl groups excluding tert-OH is 1. The summed E-state index contributed by atoms with van der Waals surface area (Å²) < 4.78 is 39.1. The maximum absolute atomic E-state index is 13.4. The summed E-state index contributed by atoms with van der Waals surface area (Å²) in [5, 5.41) is 9.86. The van der Waals surface area contributed by atoms with Gasteiger partial charge in [-0.2, -0.15) is 0 Å². The number of halogens is 3. The zero-order valence-corrected chi connectivity index (χ0v) is 8.70. The molecule has 0 aliphatic heterocycles. The van der Waals surface area contributed by atoms with E-state index in [2.05, 4.69) is 0 Å². The van der Waals surface area contributed by atoms with Crippen molar-refractivity contribution < 1.29 is 18.3 Å². The van der Waals surface area contributed by atoms with Crippen molar-refractivity contribution in [3.63, 3.8) is 0 Å². The van der Waals surface area contributed by atoms with E-state index in [1.54, 1.807) is 30.3 Å². The summed E-state index contributed by atoms with van der Waals surface area (Å²) in [6.07, 6.45) is -1.31. The van der Waals surface area contributed by atoms with E-state index < -0.39 is 23.6 Å². The SMILES string of the molecule is OC(c1ccccc1)c1cc(F)c(F)cc1F. The van der Waals surface area contributed by atoms with Crippen LogP contribution in [0.4, 0.5) is 13.2 Å². The molecular weight excluding hydrogens is 229 g/mol. The summed E-state index contributed by atoms with van der Waals surface area (Å²) >= 11 is 0. The lowest BCUT2D eigenvalue weighted by atomic mass is 10.0. The van der Waals surface area contributed by atoms with Gasteiger partial charge in [0.25, 0.3) is 0 Å². The second kappa shape index (κ2) is 4.59. The molecule has 0 saturated carbocycles. The van der Waals surface area contributed by atoms with Crippen LogP contribution in [0.1, 0.15) is 17.2 Å². The topological polar surface area (TPSA) is 20.2 Å². The molecule has 0 saturated heterocycles. The van der Waals surface area contributed by atoms with Crippen molar-refractivity contribution >= 4 is 0 Å². The molecule has 0 spiro atoms. The Morgan fingerprint density at radius 1 is 0.824 bits per heavy atom. The molecule has 1 atom stereocenters. The van der Waals surface area contributed by atoms with Crippen LogP contribution in [0, 0.1) is 17.5 Å². The highest BCUT2D eigenvalue weighted by Gasteiger charge is 2.17. The summed E-state index contributed by atoms with van der Waals surface area (Å²) in [7, 11) is 0. The molecule has 0 amide bonds. The molecule has 0 radical (unpaired) electrons. The smallest absolute Gasteiger partial charge is 0.161 e. The third-order valence-electron chi connectivity index (χ3n) is 2.45. The van der Waals surface area contributed by atoms with Gasteiger partial charge in [0.2, 0.25) is 0 Å². The Morgan fingerprint density at radius 2 is 1.41 bits per heavy atom. The molecule has 0 aliphatic carbocycles. The molecule has 2 aromatic rings.